The van der Waals surface area contributed by atoms with Crippen molar-refractivity contribution >= 4 is 22.9 Å². The maximum Gasteiger partial charge on any atom is 0.322 e. The van der Waals surface area contributed by atoms with Crippen LogP contribution >= 0.6 is 0 Å². The Hall–Kier alpha value is -3.42. The average molecular weight is 337 g/mol. The number of anilines is 1. The molecule has 0 aliphatic heterocycles. The highest BCUT2D eigenvalue weighted by Crippen LogP contribution is 2.27. The predicted molar refractivity (Wildman–Crippen MR) is 90.1 cm³/mol. The zero-order valence-electron chi connectivity index (χ0n) is 13.6. The van der Waals surface area contributed by atoms with Gasteiger partial charge in [-0.3, -0.25) is 14.8 Å². The average Bonchev–Trinajstić information content (AvgIpc) is 3.32. The third kappa shape index (κ3) is 2.78. The number of carbonyl (C=O) groups excluding carboxylic acids is 1. The van der Waals surface area contributed by atoms with Gasteiger partial charge in [0.1, 0.15) is 11.3 Å². The number of rotatable bonds is 4. The van der Waals surface area contributed by atoms with Crippen LogP contribution in [-0.2, 0) is 0 Å². The number of benzene rings is 1. The van der Waals surface area contributed by atoms with E-state index in [-0.39, 0.29) is 23.9 Å². The fourth-order valence-corrected chi connectivity index (χ4v) is 2.53. The van der Waals surface area contributed by atoms with Crippen LogP contribution in [0.4, 0.5) is 6.01 Å². The monoisotopic (exact) mass is 337 g/mol. The van der Waals surface area contributed by atoms with E-state index in [4.69, 9.17) is 8.83 Å². The molecule has 0 aliphatic carbocycles. The second-order valence-corrected chi connectivity index (χ2v) is 5.77. The second kappa shape index (κ2) is 5.90. The molecule has 0 aliphatic rings. The zero-order chi connectivity index (χ0) is 17.4. The highest BCUT2D eigenvalue weighted by Gasteiger charge is 2.18. The van der Waals surface area contributed by atoms with Gasteiger partial charge >= 0.3 is 6.01 Å². The maximum absolute atomic E-state index is 12.4. The molecule has 4 rings (SSSR count). The van der Waals surface area contributed by atoms with Gasteiger partial charge in [0.2, 0.25) is 0 Å². The number of amides is 1. The fourth-order valence-electron chi connectivity index (χ4n) is 2.53. The molecule has 1 amide bonds. The summed E-state index contributed by atoms with van der Waals surface area (Å²) in [5.41, 5.74) is 1.14. The van der Waals surface area contributed by atoms with Crippen molar-refractivity contribution < 1.29 is 13.6 Å². The normalized spacial score (nSPS) is 11.3. The minimum absolute atomic E-state index is 0.00281. The van der Waals surface area contributed by atoms with Crippen LogP contribution in [0.1, 0.15) is 30.4 Å². The molecule has 1 N–H and O–H groups in total. The smallest absolute Gasteiger partial charge is 0.322 e. The summed E-state index contributed by atoms with van der Waals surface area (Å²) < 4.78 is 12.8. The van der Waals surface area contributed by atoms with E-state index in [2.05, 4.69) is 20.6 Å². The van der Waals surface area contributed by atoms with Crippen molar-refractivity contribution in [3.63, 3.8) is 0 Å². The number of hydrogen-bond acceptors (Lipinski definition) is 6. The largest absolute Gasteiger partial charge is 0.451 e. The Kier molecular flexibility index (Phi) is 3.57. The number of para-hydroxylation sites is 1. The Labute approximate surface area is 142 Å². The lowest BCUT2D eigenvalue weighted by atomic mass is 10.2. The number of nitrogens with one attached hydrogen (secondary N) is 1. The number of hydrogen-bond donors (Lipinski definition) is 1. The van der Waals surface area contributed by atoms with Gasteiger partial charge < -0.3 is 8.83 Å². The Morgan fingerprint density at radius 1 is 1.16 bits per heavy atom. The molecule has 126 valence electrons. The first-order valence-corrected chi connectivity index (χ1v) is 7.79. The van der Waals surface area contributed by atoms with Crippen LogP contribution in [-0.4, -0.2) is 25.9 Å². The summed E-state index contributed by atoms with van der Waals surface area (Å²) >= 11 is 0. The van der Waals surface area contributed by atoms with E-state index in [1.807, 2.05) is 44.2 Å². The van der Waals surface area contributed by atoms with Crippen LogP contribution in [0.5, 0.6) is 0 Å². The summed E-state index contributed by atoms with van der Waals surface area (Å²) in [4.78, 5) is 12.4. The van der Waals surface area contributed by atoms with Crippen LogP contribution in [0, 0.1) is 0 Å². The van der Waals surface area contributed by atoms with Gasteiger partial charge in [-0.1, -0.05) is 23.3 Å². The van der Waals surface area contributed by atoms with Crippen LogP contribution in [0.2, 0.25) is 0 Å². The van der Waals surface area contributed by atoms with Gasteiger partial charge in [0.15, 0.2) is 5.76 Å². The number of aromatic nitrogens is 4. The third-order valence-electron chi connectivity index (χ3n) is 3.67. The van der Waals surface area contributed by atoms with Gasteiger partial charge in [-0.05, 0) is 32.0 Å². The van der Waals surface area contributed by atoms with Crippen LogP contribution in [0.15, 0.2) is 51.4 Å². The summed E-state index contributed by atoms with van der Waals surface area (Å²) in [7, 11) is 0. The van der Waals surface area contributed by atoms with Crippen molar-refractivity contribution in [3.8, 4) is 11.7 Å². The minimum atomic E-state index is -0.369. The molecule has 8 nitrogen and oxygen atoms in total. The molecule has 1 aromatic carbocycles. The van der Waals surface area contributed by atoms with Gasteiger partial charge in [0.05, 0.1) is 0 Å². The summed E-state index contributed by atoms with van der Waals surface area (Å²) in [6.45, 7) is 3.88. The van der Waals surface area contributed by atoms with Gasteiger partial charge in [0, 0.05) is 17.6 Å². The lowest BCUT2D eigenvalue weighted by Gasteiger charge is -2.09. The number of fused-ring (bicyclic) bond motifs is 1. The SMILES string of the molecule is CC(C)n1nccc1C(=O)Nc1nnc(-c2cc3ccccc3o2)o1. The molecule has 0 spiro atoms. The first kappa shape index (κ1) is 15.1. The summed E-state index contributed by atoms with van der Waals surface area (Å²) in [6, 6.07) is 11.1. The fraction of sp³-hybridized carbons (Fsp3) is 0.176. The van der Waals surface area contributed by atoms with Crippen molar-refractivity contribution in [1.29, 1.82) is 0 Å². The Balaban J connectivity index is 1.57. The van der Waals surface area contributed by atoms with Crippen molar-refractivity contribution in [1.82, 2.24) is 20.0 Å². The van der Waals surface area contributed by atoms with Crippen molar-refractivity contribution in [2.75, 3.05) is 5.32 Å². The highest BCUT2D eigenvalue weighted by molar-refractivity contribution is 6.01. The summed E-state index contributed by atoms with van der Waals surface area (Å²) in [6.07, 6.45) is 1.57. The van der Waals surface area contributed by atoms with E-state index >= 15 is 0 Å². The van der Waals surface area contributed by atoms with E-state index in [9.17, 15) is 4.79 Å². The molecule has 3 heterocycles. The van der Waals surface area contributed by atoms with Gasteiger partial charge in [-0.25, -0.2) is 0 Å². The molecule has 0 radical (unpaired) electrons. The lowest BCUT2D eigenvalue weighted by Crippen LogP contribution is -2.19. The molecule has 4 aromatic rings. The minimum Gasteiger partial charge on any atom is -0.451 e. The maximum atomic E-state index is 12.4. The molecule has 0 saturated carbocycles. The first-order chi connectivity index (χ1) is 12.1. The molecule has 0 unspecified atom stereocenters. The Morgan fingerprint density at radius 2 is 2.00 bits per heavy atom. The van der Waals surface area contributed by atoms with E-state index in [0.717, 1.165) is 11.0 Å². The molecule has 0 saturated heterocycles. The Bertz CT molecular complexity index is 1010. The van der Waals surface area contributed by atoms with Gasteiger partial charge in [0.25, 0.3) is 11.8 Å². The van der Waals surface area contributed by atoms with Crippen LogP contribution in [0.25, 0.3) is 22.6 Å². The van der Waals surface area contributed by atoms with E-state index in [1.54, 1.807) is 16.9 Å². The molecule has 0 atom stereocenters. The third-order valence-corrected chi connectivity index (χ3v) is 3.67. The van der Waals surface area contributed by atoms with Gasteiger partial charge in [-0.15, -0.1) is 5.10 Å². The zero-order valence-corrected chi connectivity index (χ0v) is 13.6. The standard InChI is InChI=1S/C17H15N5O3/c1-10(2)22-12(7-8-18-22)15(23)19-17-21-20-16(25-17)14-9-11-5-3-4-6-13(11)24-14/h3-10H,1-2H3,(H,19,21,23). The summed E-state index contributed by atoms with van der Waals surface area (Å²) in [5.74, 6) is 0.274. The van der Waals surface area contributed by atoms with Gasteiger partial charge in [-0.2, -0.15) is 5.10 Å². The van der Waals surface area contributed by atoms with E-state index in [0.29, 0.717) is 11.5 Å². The highest BCUT2D eigenvalue weighted by atomic mass is 16.4. The quantitative estimate of drug-likeness (QED) is 0.612. The van der Waals surface area contributed by atoms with Crippen molar-refractivity contribution in [3.05, 3.63) is 48.3 Å². The van der Waals surface area contributed by atoms with Crippen molar-refractivity contribution in [2.45, 2.75) is 19.9 Å². The first-order valence-electron chi connectivity index (χ1n) is 7.79. The van der Waals surface area contributed by atoms with Crippen LogP contribution in [0.3, 0.4) is 0 Å². The van der Waals surface area contributed by atoms with Crippen LogP contribution < -0.4 is 5.32 Å². The molecule has 25 heavy (non-hydrogen) atoms. The molecule has 0 fully saturated rings. The number of furan rings is 1. The predicted octanol–water partition coefficient (Wildman–Crippen LogP) is 3.51. The molecule has 8 heteroatoms. The summed E-state index contributed by atoms with van der Waals surface area (Å²) in [5, 5.41) is 15.4. The van der Waals surface area contributed by atoms with E-state index < -0.39 is 0 Å². The van der Waals surface area contributed by atoms with Crippen molar-refractivity contribution in [2.24, 2.45) is 0 Å². The molecular weight excluding hydrogens is 322 g/mol. The number of carbonyl (C=O) groups is 1. The lowest BCUT2D eigenvalue weighted by molar-refractivity contribution is 0.101. The molecular formula is C17H15N5O3. The van der Waals surface area contributed by atoms with E-state index in [1.165, 1.54) is 0 Å². The number of nitrogens with zero attached hydrogens (tertiary/aromatic N) is 4. The molecule has 0 bridgehead atoms. The molecule has 3 aromatic heterocycles. The Morgan fingerprint density at radius 3 is 2.80 bits per heavy atom. The topological polar surface area (TPSA) is 99.0 Å². The second-order valence-electron chi connectivity index (χ2n) is 5.77.